The lowest BCUT2D eigenvalue weighted by molar-refractivity contribution is 0.445. The van der Waals surface area contributed by atoms with Crippen LogP contribution in [0.25, 0.3) is 0 Å². The maximum absolute atomic E-state index is 8.56. The first-order chi connectivity index (χ1) is 6.76. The van der Waals surface area contributed by atoms with Gasteiger partial charge in [-0.3, -0.25) is 0 Å². The molecular formula is C11H16N2O. The average Bonchev–Trinajstić information content (AvgIpc) is 2.65. The fourth-order valence-corrected chi connectivity index (χ4v) is 1.16. The highest BCUT2D eigenvalue weighted by Gasteiger charge is 2.01. The second-order valence-corrected chi connectivity index (χ2v) is 3.38. The van der Waals surface area contributed by atoms with Gasteiger partial charge in [0.05, 0.1) is 18.5 Å². The number of hydrogen-bond acceptors (Lipinski definition) is 3. The zero-order valence-electron chi connectivity index (χ0n) is 8.71. The van der Waals surface area contributed by atoms with Crippen molar-refractivity contribution in [2.24, 2.45) is 5.92 Å². The Hall–Kier alpha value is -1.27. The number of nitrogens with zero attached hydrogens (tertiary/aromatic N) is 1. The molecule has 3 heteroatoms. The zero-order valence-corrected chi connectivity index (χ0v) is 8.71. The lowest BCUT2D eigenvalue weighted by atomic mass is 10.2. The number of nitriles is 1. The third kappa shape index (κ3) is 3.23. The molecule has 0 saturated heterocycles. The molecule has 1 rings (SSSR count). The maximum atomic E-state index is 8.56. The van der Waals surface area contributed by atoms with Gasteiger partial charge in [-0.25, -0.2) is 0 Å². The van der Waals surface area contributed by atoms with Crippen molar-refractivity contribution in [3.05, 3.63) is 23.7 Å². The summed E-state index contributed by atoms with van der Waals surface area (Å²) in [5.41, 5.74) is 0. The summed E-state index contributed by atoms with van der Waals surface area (Å²) in [6.07, 6.45) is 0.925. The van der Waals surface area contributed by atoms with E-state index in [4.69, 9.17) is 9.68 Å². The van der Waals surface area contributed by atoms with E-state index in [1.165, 1.54) is 0 Å². The lowest BCUT2D eigenvalue weighted by Gasteiger charge is -2.02. The van der Waals surface area contributed by atoms with Crippen molar-refractivity contribution in [2.45, 2.75) is 26.8 Å². The minimum absolute atomic E-state index is 0.0515. The number of nitrogens with one attached hydrogen (secondary N) is 1. The van der Waals surface area contributed by atoms with Crippen molar-refractivity contribution >= 4 is 0 Å². The molecule has 0 aromatic carbocycles. The van der Waals surface area contributed by atoms with Crippen molar-refractivity contribution < 1.29 is 4.42 Å². The summed E-state index contributed by atoms with van der Waals surface area (Å²) in [5, 5.41) is 11.7. The Kier molecular flexibility index (Phi) is 4.21. The quantitative estimate of drug-likeness (QED) is 0.777. The predicted molar refractivity (Wildman–Crippen MR) is 54.6 cm³/mol. The van der Waals surface area contributed by atoms with Crippen LogP contribution in [0.1, 0.15) is 25.4 Å². The molecule has 0 radical (unpaired) electrons. The predicted octanol–water partition coefficient (Wildman–Crippen LogP) is 2.09. The van der Waals surface area contributed by atoms with Gasteiger partial charge < -0.3 is 9.73 Å². The van der Waals surface area contributed by atoms with Gasteiger partial charge in [-0.1, -0.05) is 6.92 Å². The molecule has 0 bridgehead atoms. The number of hydrogen-bond donors (Lipinski definition) is 1. The number of furan rings is 1. The highest BCUT2D eigenvalue weighted by atomic mass is 16.3. The van der Waals surface area contributed by atoms with E-state index in [2.05, 4.69) is 18.3 Å². The van der Waals surface area contributed by atoms with E-state index in [0.29, 0.717) is 13.1 Å². The van der Waals surface area contributed by atoms with Crippen LogP contribution in [0.2, 0.25) is 0 Å². The first kappa shape index (κ1) is 10.8. The third-order valence-electron chi connectivity index (χ3n) is 2.04. The summed E-state index contributed by atoms with van der Waals surface area (Å²) in [5.74, 6) is 2.00. The van der Waals surface area contributed by atoms with Crippen LogP contribution in [-0.2, 0) is 13.0 Å². The molecule has 0 aliphatic carbocycles. The van der Waals surface area contributed by atoms with E-state index in [1.54, 1.807) is 0 Å². The van der Waals surface area contributed by atoms with E-state index in [1.807, 2.05) is 19.1 Å². The molecule has 0 amide bonds. The number of rotatable bonds is 5. The Balaban J connectivity index is 2.28. The summed E-state index contributed by atoms with van der Waals surface area (Å²) in [6, 6.07) is 6.14. The lowest BCUT2D eigenvalue weighted by Crippen LogP contribution is -2.19. The third-order valence-corrected chi connectivity index (χ3v) is 2.04. The van der Waals surface area contributed by atoms with E-state index in [-0.39, 0.29) is 5.92 Å². The monoisotopic (exact) mass is 192 g/mol. The van der Waals surface area contributed by atoms with Crippen LogP contribution in [0.15, 0.2) is 16.5 Å². The van der Waals surface area contributed by atoms with Crippen LogP contribution in [0, 0.1) is 17.2 Å². The van der Waals surface area contributed by atoms with Gasteiger partial charge in [0.2, 0.25) is 0 Å². The first-order valence-electron chi connectivity index (χ1n) is 4.94. The smallest absolute Gasteiger partial charge is 0.117 e. The molecule has 14 heavy (non-hydrogen) atoms. The Labute approximate surface area is 84.7 Å². The minimum atomic E-state index is 0.0515. The highest BCUT2D eigenvalue weighted by molar-refractivity contribution is 5.06. The summed E-state index contributed by atoms with van der Waals surface area (Å²) >= 11 is 0. The van der Waals surface area contributed by atoms with E-state index in [0.717, 1.165) is 17.9 Å². The standard InChI is InChI=1S/C11H16N2O/c1-3-10-4-5-11(14-10)8-13-7-9(2)6-12/h4-5,9,13H,3,7-8H2,1-2H3. The first-order valence-corrected chi connectivity index (χ1v) is 4.94. The van der Waals surface area contributed by atoms with Crippen molar-refractivity contribution in [3.8, 4) is 6.07 Å². The topological polar surface area (TPSA) is 49.0 Å². The van der Waals surface area contributed by atoms with Gasteiger partial charge >= 0.3 is 0 Å². The normalized spacial score (nSPS) is 12.4. The summed E-state index contributed by atoms with van der Waals surface area (Å²) in [7, 11) is 0. The molecule has 0 aliphatic heterocycles. The Morgan fingerprint density at radius 1 is 1.50 bits per heavy atom. The molecule has 76 valence electrons. The maximum Gasteiger partial charge on any atom is 0.117 e. The van der Waals surface area contributed by atoms with Crippen LogP contribution in [0.5, 0.6) is 0 Å². The van der Waals surface area contributed by atoms with Crippen LogP contribution in [0.4, 0.5) is 0 Å². The van der Waals surface area contributed by atoms with Crippen LogP contribution >= 0.6 is 0 Å². The van der Waals surface area contributed by atoms with Gasteiger partial charge in [-0.2, -0.15) is 5.26 Å². The zero-order chi connectivity index (χ0) is 10.4. The molecule has 0 saturated carbocycles. The average molecular weight is 192 g/mol. The van der Waals surface area contributed by atoms with Gasteiger partial charge in [0.25, 0.3) is 0 Å². The van der Waals surface area contributed by atoms with Gasteiger partial charge in [-0.15, -0.1) is 0 Å². The Morgan fingerprint density at radius 2 is 2.21 bits per heavy atom. The molecule has 1 atom stereocenters. The second kappa shape index (κ2) is 5.46. The van der Waals surface area contributed by atoms with Gasteiger partial charge in [-0.05, 0) is 19.1 Å². The Morgan fingerprint density at radius 3 is 2.79 bits per heavy atom. The Bertz CT molecular complexity index is 311. The molecule has 0 spiro atoms. The minimum Gasteiger partial charge on any atom is -0.465 e. The fraction of sp³-hybridized carbons (Fsp3) is 0.545. The van der Waals surface area contributed by atoms with Crippen molar-refractivity contribution in [3.63, 3.8) is 0 Å². The van der Waals surface area contributed by atoms with E-state index >= 15 is 0 Å². The van der Waals surface area contributed by atoms with Gasteiger partial charge in [0, 0.05) is 13.0 Å². The largest absolute Gasteiger partial charge is 0.465 e. The summed E-state index contributed by atoms with van der Waals surface area (Å²) in [4.78, 5) is 0. The van der Waals surface area contributed by atoms with E-state index < -0.39 is 0 Å². The molecule has 0 fully saturated rings. The summed E-state index contributed by atoms with van der Waals surface area (Å²) < 4.78 is 5.50. The molecule has 1 aromatic rings. The molecule has 3 nitrogen and oxygen atoms in total. The SMILES string of the molecule is CCc1ccc(CNCC(C)C#N)o1. The second-order valence-electron chi connectivity index (χ2n) is 3.38. The van der Waals surface area contributed by atoms with Gasteiger partial charge in [0.15, 0.2) is 0 Å². The molecule has 1 aromatic heterocycles. The molecular weight excluding hydrogens is 176 g/mol. The number of aryl methyl sites for hydroxylation is 1. The van der Waals surface area contributed by atoms with E-state index in [9.17, 15) is 0 Å². The molecule has 0 aliphatic rings. The summed E-state index contributed by atoms with van der Waals surface area (Å²) in [6.45, 7) is 5.37. The highest BCUT2D eigenvalue weighted by Crippen LogP contribution is 2.07. The van der Waals surface area contributed by atoms with Crippen molar-refractivity contribution in [1.82, 2.24) is 5.32 Å². The molecule has 1 unspecified atom stereocenters. The molecule has 1 heterocycles. The van der Waals surface area contributed by atoms with Crippen molar-refractivity contribution in [2.75, 3.05) is 6.54 Å². The fourth-order valence-electron chi connectivity index (χ4n) is 1.16. The van der Waals surface area contributed by atoms with Crippen LogP contribution < -0.4 is 5.32 Å². The van der Waals surface area contributed by atoms with Crippen molar-refractivity contribution in [1.29, 1.82) is 5.26 Å². The van der Waals surface area contributed by atoms with Crippen LogP contribution in [-0.4, -0.2) is 6.54 Å². The van der Waals surface area contributed by atoms with Gasteiger partial charge in [0.1, 0.15) is 11.5 Å². The molecule has 1 N–H and O–H groups in total. The van der Waals surface area contributed by atoms with Crippen LogP contribution in [0.3, 0.4) is 0 Å².